The molecule has 0 aliphatic carbocycles. The van der Waals surface area contributed by atoms with Crippen LogP contribution in [-0.4, -0.2) is 0 Å². The Labute approximate surface area is 181 Å². The summed E-state index contributed by atoms with van der Waals surface area (Å²) >= 11 is 0. The average Bonchev–Trinajstić information content (AvgIpc) is 2.77. The van der Waals surface area contributed by atoms with E-state index in [2.05, 4.69) is 113 Å². The highest BCUT2D eigenvalue weighted by molar-refractivity contribution is 6.00. The van der Waals surface area contributed by atoms with Crippen LogP contribution < -0.4 is 0 Å². The highest BCUT2D eigenvalue weighted by atomic mass is 14.1. The number of hydrogen-bond donors (Lipinski definition) is 0. The molecule has 5 aromatic rings. The summed E-state index contributed by atoms with van der Waals surface area (Å²) in [5.74, 6) is 0. The Bertz CT molecular complexity index is 1190. The van der Waals surface area contributed by atoms with Gasteiger partial charge in [0, 0.05) is 0 Å². The Morgan fingerprint density at radius 2 is 0.767 bits per heavy atom. The molecule has 0 amide bonds. The van der Waals surface area contributed by atoms with Crippen LogP contribution in [0.1, 0.15) is 36.1 Å². The minimum absolute atomic E-state index is 1.32. The number of hydrogen-bond acceptors (Lipinski definition) is 0. The van der Waals surface area contributed by atoms with Crippen LogP contribution in [0.3, 0.4) is 0 Å². The molecular formula is C30H32. The second kappa shape index (κ2) is 9.59. The summed E-state index contributed by atoms with van der Waals surface area (Å²) in [6, 6.07) is 30.6. The van der Waals surface area contributed by atoms with Crippen molar-refractivity contribution in [2.75, 3.05) is 0 Å². The van der Waals surface area contributed by atoms with E-state index in [-0.39, 0.29) is 0 Å². The van der Waals surface area contributed by atoms with Gasteiger partial charge >= 0.3 is 0 Å². The van der Waals surface area contributed by atoms with Gasteiger partial charge in [-0.1, -0.05) is 97.8 Å². The molecule has 0 spiro atoms. The van der Waals surface area contributed by atoms with Crippen molar-refractivity contribution in [2.24, 2.45) is 0 Å². The summed E-state index contributed by atoms with van der Waals surface area (Å²) in [7, 11) is 0. The molecule has 0 fully saturated rings. The Hall–Kier alpha value is -3.12. The molecule has 0 atom stereocenters. The van der Waals surface area contributed by atoms with Crippen molar-refractivity contribution in [1.82, 2.24) is 0 Å². The maximum absolute atomic E-state index is 2.30. The molecular weight excluding hydrogens is 360 g/mol. The summed E-state index contributed by atoms with van der Waals surface area (Å²) in [5, 5.41) is 8.06. The van der Waals surface area contributed by atoms with E-state index in [1.165, 1.54) is 54.6 Å². The molecule has 5 rings (SSSR count). The molecule has 0 N–H and O–H groups in total. The van der Waals surface area contributed by atoms with Crippen LogP contribution in [0.25, 0.3) is 32.3 Å². The molecule has 0 saturated carbocycles. The number of aryl methyl sites for hydroxylation is 4. The number of rotatable bonds is 0. The third-order valence-corrected chi connectivity index (χ3v) is 5.47. The van der Waals surface area contributed by atoms with Crippen LogP contribution in [0.15, 0.2) is 84.9 Å². The summed E-state index contributed by atoms with van der Waals surface area (Å²) in [6.07, 6.45) is 0. The first kappa shape index (κ1) is 21.6. The van der Waals surface area contributed by atoms with E-state index in [1.807, 2.05) is 13.8 Å². The van der Waals surface area contributed by atoms with Gasteiger partial charge in [-0.3, -0.25) is 0 Å². The maximum Gasteiger partial charge on any atom is -0.0146 e. The van der Waals surface area contributed by atoms with Gasteiger partial charge in [0.25, 0.3) is 0 Å². The fourth-order valence-electron chi connectivity index (χ4n) is 3.81. The third kappa shape index (κ3) is 4.71. The molecule has 0 heterocycles. The van der Waals surface area contributed by atoms with Gasteiger partial charge < -0.3 is 0 Å². The average molecular weight is 393 g/mol. The molecule has 152 valence electrons. The SMILES string of the molecule is CC.Cc1ccc(C)c2cc3ccccc3cc12.Cc1ccc2cc(C)ccc2c1. The summed E-state index contributed by atoms with van der Waals surface area (Å²) < 4.78 is 0. The Balaban J connectivity index is 0.000000163. The van der Waals surface area contributed by atoms with Gasteiger partial charge in [0.05, 0.1) is 0 Å². The monoisotopic (exact) mass is 392 g/mol. The van der Waals surface area contributed by atoms with Crippen LogP contribution in [0.4, 0.5) is 0 Å². The van der Waals surface area contributed by atoms with E-state index in [0.717, 1.165) is 0 Å². The van der Waals surface area contributed by atoms with Crippen LogP contribution in [0.2, 0.25) is 0 Å². The maximum atomic E-state index is 2.30. The standard InChI is InChI=1S/C16H14.C12H12.C2H6/c1-11-7-8-12(2)16-10-14-6-4-3-5-13(14)9-15(11)16;1-9-3-5-12-8-10(2)4-6-11(12)7-9;1-2/h3-10H,1-2H3;3-8H,1-2H3;1-2H3. The van der Waals surface area contributed by atoms with E-state index in [0.29, 0.717) is 0 Å². The lowest BCUT2D eigenvalue weighted by Gasteiger charge is -2.07. The first-order valence-electron chi connectivity index (χ1n) is 10.9. The van der Waals surface area contributed by atoms with E-state index >= 15 is 0 Å². The van der Waals surface area contributed by atoms with Gasteiger partial charge in [-0.15, -0.1) is 0 Å². The largest absolute Gasteiger partial charge is 0.0683 e. The molecule has 30 heavy (non-hydrogen) atoms. The van der Waals surface area contributed by atoms with Gasteiger partial charge in [0.2, 0.25) is 0 Å². The van der Waals surface area contributed by atoms with Gasteiger partial charge in [0.15, 0.2) is 0 Å². The van der Waals surface area contributed by atoms with Crippen LogP contribution in [0.5, 0.6) is 0 Å². The summed E-state index contributed by atoms with van der Waals surface area (Å²) in [6.45, 7) is 12.6. The molecule has 0 aromatic heterocycles. The second-order valence-electron chi connectivity index (χ2n) is 7.80. The van der Waals surface area contributed by atoms with E-state index in [4.69, 9.17) is 0 Å². The first-order chi connectivity index (χ1) is 14.5. The smallest absolute Gasteiger partial charge is 0.0146 e. The Morgan fingerprint density at radius 1 is 0.400 bits per heavy atom. The number of fused-ring (bicyclic) bond motifs is 3. The van der Waals surface area contributed by atoms with Crippen LogP contribution in [-0.2, 0) is 0 Å². The minimum Gasteiger partial charge on any atom is -0.0683 e. The lowest BCUT2D eigenvalue weighted by molar-refractivity contribution is 1.47. The zero-order chi connectivity index (χ0) is 21.7. The van der Waals surface area contributed by atoms with E-state index < -0.39 is 0 Å². The molecule has 0 aliphatic heterocycles. The van der Waals surface area contributed by atoms with Crippen LogP contribution in [0, 0.1) is 27.7 Å². The highest BCUT2D eigenvalue weighted by Crippen LogP contribution is 2.27. The Kier molecular flexibility index (Phi) is 6.90. The minimum atomic E-state index is 1.32. The molecule has 0 radical (unpaired) electrons. The zero-order valence-electron chi connectivity index (χ0n) is 19.1. The predicted octanol–water partition coefficient (Wildman–Crippen LogP) is 9.09. The fraction of sp³-hybridized carbons (Fsp3) is 0.200. The lowest BCUT2D eigenvalue weighted by atomic mass is 9.97. The molecule has 0 bridgehead atoms. The Morgan fingerprint density at radius 3 is 1.17 bits per heavy atom. The third-order valence-electron chi connectivity index (χ3n) is 5.47. The lowest BCUT2D eigenvalue weighted by Crippen LogP contribution is -1.83. The zero-order valence-corrected chi connectivity index (χ0v) is 19.1. The molecule has 0 aliphatic rings. The quantitative estimate of drug-likeness (QED) is 0.230. The first-order valence-corrected chi connectivity index (χ1v) is 10.9. The highest BCUT2D eigenvalue weighted by Gasteiger charge is 2.02. The second-order valence-corrected chi connectivity index (χ2v) is 7.80. The van der Waals surface area contributed by atoms with E-state index in [1.54, 1.807) is 0 Å². The van der Waals surface area contributed by atoms with Gasteiger partial charge in [0.1, 0.15) is 0 Å². The molecule has 0 saturated heterocycles. The van der Waals surface area contributed by atoms with Crippen molar-refractivity contribution in [1.29, 1.82) is 0 Å². The van der Waals surface area contributed by atoms with Crippen molar-refractivity contribution >= 4 is 32.3 Å². The normalized spacial score (nSPS) is 10.3. The molecule has 0 unspecified atom stereocenters. The van der Waals surface area contributed by atoms with Gasteiger partial charge in [-0.05, 0) is 83.3 Å². The van der Waals surface area contributed by atoms with Crippen molar-refractivity contribution < 1.29 is 0 Å². The van der Waals surface area contributed by atoms with Crippen LogP contribution >= 0.6 is 0 Å². The molecule has 0 heteroatoms. The van der Waals surface area contributed by atoms with Gasteiger partial charge in [-0.2, -0.15) is 0 Å². The summed E-state index contributed by atoms with van der Waals surface area (Å²) in [4.78, 5) is 0. The predicted molar refractivity (Wildman–Crippen MR) is 136 cm³/mol. The van der Waals surface area contributed by atoms with E-state index in [9.17, 15) is 0 Å². The fourth-order valence-corrected chi connectivity index (χ4v) is 3.81. The topological polar surface area (TPSA) is 0 Å². The molecule has 0 nitrogen and oxygen atoms in total. The number of benzene rings is 5. The molecule has 5 aromatic carbocycles. The summed E-state index contributed by atoms with van der Waals surface area (Å²) in [5.41, 5.74) is 5.36. The van der Waals surface area contributed by atoms with Gasteiger partial charge in [-0.25, -0.2) is 0 Å². The van der Waals surface area contributed by atoms with Crippen molar-refractivity contribution in [3.8, 4) is 0 Å². The van der Waals surface area contributed by atoms with Crippen molar-refractivity contribution in [3.63, 3.8) is 0 Å². The van der Waals surface area contributed by atoms with Crippen molar-refractivity contribution in [3.05, 3.63) is 107 Å². The van der Waals surface area contributed by atoms with Crippen molar-refractivity contribution in [2.45, 2.75) is 41.5 Å².